The molecule has 6 heteroatoms. The molecule has 0 aromatic heterocycles. The molecule has 0 radical (unpaired) electrons. The number of benzene rings is 2. The molecular formula is C15H14N2O4. The Hall–Kier alpha value is -2.89. The van der Waals surface area contributed by atoms with Crippen LogP contribution in [0.2, 0.25) is 0 Å². The van der Waals surface area contributed by atoms with Crippen molar-refractivity contribution in [1.29, 1.82) is 0 Å². The van der Waals surface area contributed by atoms with Crippen LogP contribution in [0.4, 0.5) is 11.4 Å². The molecule has 2 rings (SSSR count). The summed E-state index contributed by atoms with van der Waals surface area (Å²) in [4.78, 5) is 21.3. The average Bonchev–Trinajstić information content (AvgIpc) is 2.48. The van der Waals surface area contributed by atoms with Gasteiger partial charge in [-0.3, -0.25) is 10.1 Å². The number of carboxylic acid groups (broad SMARTS) is 1. The van der Waals surface area contributed by atoms with Gasteiger partial charge in [0, 0.05) is 12.6 Å². The first-order valence-electron chi connectivity index (χ1n) is 6.37. The van der Waals surface area contributed by atoms with Gasteiger partial charge in [-0.25, -0.2) is 4.79 Å². The second kappa shape index (κ2) is 6.51. The van der Waals surface area contributed by atoms with Crippen molar-refractivity contribution in [1.82, 2.24) is 0 Å². The van der Waals surface area contributed by atoms with E-state index in [4.69, 9.17) is 5.11 Å². The van der Waals surface area contributed by atoms with Crippen LogP contribution in [0.15, 0.2) is 48.5 Å². The van der Waals surface area contributed by atoms with Gasteiger partial charge < -0.3 is 10.4 Å². The fourth-order valence-electron chi connectivity index (χ4n) is 1.95. The summed E-state index contributed by atoms with van der Waals surface area (Å²) in [7, 11) is 0. The van der Waals surface area contributed by atoms with Gasteiger partial charge in [-0.05, 0) is 24.1 Å². The van der Waals surface area contributed by atoms with Gasteiger partial charge in [0.2, 0.25) is 0 Å². The van der Waals surface area contributed by atoms with Crippen molar-refractivity contribution in [3.63, 3.8) is 0 Å². The number of aromatic carboxylic acids is 1. The lowest BCUT2D eigenvalue weighted by atomic mass is 10.1. The van der Waals surface area contributed by atoms with Crippen LogP contribution in [0.1, 0.15) is 15.9 Å². The Kier molecular flexibility index (Phi) is 4.50. The zero-order valence-corrected chi connectivity index (χ0v) is 11.2. The summed E-state index contributed by atoms with van der Waals surface area (Å²) in [6.07, 6.45) is 0.721. The van der Waals surface area contributed by atoms with E-state index < -0.39 is 10.9 Å². The summed E-state index contributed by atoms with van der Waals surface area (Å²) in [5.41, 5.74) is 1.11. The molecule has 0 saturated heterocycles. The number of nitrogens with zero attached hydrogens (tertiary/aromatic N) is 1. The van der Waals surface area contributed by atoms with Crippen molar-refractivity contribution in [3.8, 4) is 0 Å². The Balaban J connectivity index is 2.09. The summed E-state index contributed by atoms with van der Waals surface area (Å²) in [5, 5.41) is 22.8. The Bertz CT molecular complexity index is 656. The number of nitro benzene ring substituents is 1. The van der Waals surface area contributed by atoms with Crippen LogP contribution >= 0.6 is 0 Å². The summed E-state index contributed by atoms with van der Waals surface area (Å²) in [6, 6.07) is 13.6. The molecule has 21 heavy (non-hydrogen) atoms. The van der Waals surface area contributed by atoms with E-state index >= 15 is 0 Å². The van der Waals surface area contributed by atoms with Crippen molar-refractivity contribution in [2.45, 2.75) is 6.42 Å². The van der Waals surface area contributed by atoms with Crippen molar-refractivity contribution in [2.24, 2.45) is 0 Å². The number of carbonyl (C=O) groups is 1. The molecule has 0 spiro atoms. The van der Waals surface area contributed by atoms with Crippen molar-refractivity contribution >= 4 is 17.3 Å². The normalized spacial score (nSPS) is 10.1. The Labute approximate surface area is 121 Å². The quantitative estimate of drug-likeness (QED) is 0.629. The van der Waals surface area contributed by atoms with Crippen molar-refractivity contribution in [3.05, 3.63) is 69.8 Å². The van der Waals surface area contributed by atoms with Crippen LogP contribution in [0.3, 0.4) is 0 Å². The van der Waals surface area contributed by atoms with Gasteiger partial charge in [0.15, 0.2) is 0 Å². The minimum Gasteiger partial charge on any atom is -0.478 e. The van der Waals surface area contributed by atoms with Gasteiger partial charge in [0.05, 0.1) is 10.5 Å². The molecule has 0 aliphatic carbocycles. The fraction of sp³-hybridized carbons (Fsp3) is 0.133. The number of carboxylic acids is 1. The van der Waals surface area contributed by atoms with Crippen LogP contribution in [0.25, 0.3) is 0 Å². The van der Waals surface area contributed by atoms with Crippen LogP contribution < -0.4 is 5.32 Å². The highest BCUT2D eigenvalue weighted by Gasteiger charge is 2.16. The molecule has 0 aliphatic heterocycles. The first-order valence-corrected chi connectivity index (χ1v) is 6.37. The lowest BCUT2D eigenvalue weighted by Gasteiger charge is -2.08. The summed E-state index contributed by atoms with van der Waals surface area (Å²) in [5.74, 6) is -1.19. The number of hydrogen-bond acceptors (Lipinski definition) is 4. The van der Waals surface area contributed by atoms with Gasteiger partial charge in [-0.1, -0.05) is 30.3 Å². The maximum atomic E-state index is 11.0. The van der Waals surface area contributed by atoms with E-state index in [9.17, 15) is 14.9 Å². The number of rotatable bonds is 6. The average molecular weight is 286 g/mol. The third-order valence-corrected chi connectivity index (χ3v) is 3.01. The Morgan fingerprint density at radius 3 is 2.52 bits per heavy atom. The second-order valence-electron chi connectivity index (χ2n) is 4.46. The van der Waals surface area contributed by atoms with Crippen molar-refractivity contribution in [2.75, 3.05) is 11.9 Å². The highest BCUT2D eigenvalue weighted by atomic mass is 16.6. The topological polar surface area (TPSA) is 92.5 Å². The molecule has 108 valence electrons. The highest BCUT2D eigenvalue weighted by Crippen LogP contribution is 2.25. The number of nitro groups is 1. The first kappa shape index (κ1) is 14.5. The van der Waals surface area contributed by atoms with Gasteiger partial charge in [0.25, 0.3) is 5.69 Å². The highest BCUT2D eigenvalue weighted by molar-refractivity contribution is 5.89. The first-order chi connectivity index (χ1) is 10.1. The maximum Gasteiger partial charge on any atom is 0.335 e. The molecule has 0 bridgehead atoms. The molecule has 0 heterocycles. The van der Waals surface area contributed by atoms with Gasteiger partial charge in [0.1, 0.15) is 5.69 Å². The molecule has 0 atom stereocenters. The lowest BCUT2D eigenvalue weighted by Crippen LogP contribution is -2.08. The largest absolute Gasteiger partial charge is 0.478 e. The predicted octanol–water partition coefficient (Wildman–Crippen LogP) is 2.95. The van der Waals surface area contributed by atoms with E-state index in [1.54, 1.807) is 0 Å². The molecule has 6 nitrogen and oxygen atoms in total. The zero-order chi connectivity index (χ0) is 15.2. The van der Waals surface area contributed by atoms with Crippen LogP contribution in [-0.4, -0.2) is 22.5 Å². The molecule has 2 N–H and O–H groups in total. The molecule has 0 fully saturated rings. The zero-order valence-electron chi connectivity index (χ0n) is 11.2. The predicted molar refractivity (Wildman–Crippen MR) is 78.7 cm³/mol. The lowest BCUT2D eigenvalue weighted by molar-refractivity contribution is -0.384. The maximum absolute atomic E-state index is 11.0. The van der Waals surface area contributed by atoms with Gasteiger partial charge in [-0.15, -0.1) is 0 Å². The fourth-order valence-corrected chi connectivity index (χ4v) is 1.95. The van der Waals surface area contributed by atoms with Gasteiger partial charge in [-0.2, -0.15) is 0 Å². The standard InChI is InChI=1S/C15H14N2O4/c18-15(19)12-6-7-13(14(10-12)17(20)21)16-9-8-11-4-2-1-3-5-11/h1-7,10,16H,8-9H2,(H,18,19). The van der Waals surface area contributed by atoms with E-state index in [1.165, 1.54) is 12.1 Å². The Morgan fingerprint density at radius 1 is 1.19 bits per heavy atom. The Morgan fingerprint density at radius 2 is 1.90 bits per heavy atom. The van der Waals surface area contributed by atoms with E-state index in [1.807, 2.05) is 30.3 Å². The van der Waals surface area contributed by atoms with E-state index in [0.29, 0.717) is 12.2 Å². The van der Waals surface area contributed by atoms with E-state index in [-0.39, 0.29) is 11.3 Å². The molecule has 2 aromatic carbocycles. The van der Waals surface area contributed by atoms with E-state index in [0.717, 1.165) is 18.1 Å². The molecule has 0 amide bonds. The summed E-state index contributed by atoms with van der Waals surface area (Å²) in [6.45, 7) is 0.525. The summed E-state index contributed by atoms with van der Waals surface area (Å²) < 4.78 is 0. The number of hydrogen-bond donors (Lipinski definition) is 2. The summed E-state index contributed by atoms with van der Waals surface area (Å²) >= 11 is 0. The molecule has 0 aliphatic rings. The van der Waals surface area contributed by atoms with E-state index in [2.05, 4.69) is 5.32 Å². The molecule has 0 unspecified atom stereocenters. The number of anilines is 1. The van der Waals surface area contributed by atoms with Crippen molar-refractivity contribution < 1.29 is 14.8 Å². The third kappa shape index (κ3) is 3.79. The minimum atomic E-state index is -1.19. The molecule has 0 saturated carbocycles. The van der Waals surface area contributed by atoms with Gasteiger partial charge >= 0.3 is 5.97 Å². The SMILES string of the molecule is O=C(O)c1ccc(NCCc2ccccc2)c([N+](=O)[O-])c1. The van der Waals surface area contributed by atoms with Crippen LogP contribution in [-0.2, 0) is 6.42 Å². The minimum absolute atomic E-state index is 0.102. The number of nitrogens with one attached hydrogen (secondary N) is 1. The monoisotopic (exact) mass is 286 g/mol. The molecular weight excluding hydrogens is 272 g/mol. The third-order valence-electron chi connectivity index (χ3n) is 3.01. The van der Waals surface area contributed by atoms with Crippen LogP contribution in [0, 0.1) is 10.1 Å². The second-order valence-corrected chi connectivity index (χ2v) is 4.46. The molecule has 2 aromatic rings. The smallest absolute Gasteiger partial charge is 0.335 e. The van der Waals surface area contributed by atoms with Crippen LogP contribution in [0.5, 0.6) is 0 Å².